The van der Waals surface area contributed by atoms with Crippen molar-refractivity contribution in [2.45, 2.75) is 129 Å². The summed E-state index contributed by atoms with van der Waals surface area (Å²) in [5.74, 6) is -2.78. The van der Waals surface area contributed by atoms with E-state index in [2.05, 4.69) is 0 Å². The summed E-state index contributed by atoms with van der Waals surface area (Å²) in [6.45, 7) is 5.24. The fourth-order valence-corrected chi connectivity index (χ4v) is 6.05. The second-order valence-corrected chi connectivity index (χ2v) is 12.7. The Hall–Kier alpha value is -3.77. The first-order valence-corrected chi connectivity index (χ1v) is 17.2. The van der Waals surface area contributed by atoms with Gasteiger partial charge < -0.3 is 33.9 Å². The van der Waals surface area contributed by atoms with Crippen LogP contribution in [0.1, 0.15) is 97.5 Å². The van der Waals surface area contributed by atoms with E-state index in [1.54, 1.807) is 0 Å². The lowest BCUT2D eigenvalue weighted by atomic mass is 9.85. The number of benzene rings is 1. The summed E-state index contributed by atoms with van der Waals surface area (Å²) in [6.07, 6.45) is 5.41. The third kappa shape index (κ3) is 16.9. The maximum Gasteiger partial charge on any atom is 0.306 e. The molecule has 1 fully saturated rings. The number of carbonyl (C=O) groups excluding carboxylic acids is 5. The van der Waals surface area contributed by atoms with E-state index in [1.807, 2.05) is 56.3 Å². The van der Waals surface area contributed by atoms with Crippen LogP contribution in [0.25, 0.3) is 0 Å². The lowest BCUT2D eigenvalue weighted by Crippen LogP contribution is -2.29. The van der Waals surface area contributed by atoms with Crippen molar-refractivity contribution >= 4 is 29.8 Å². The predicted molar refractivity (Wildman–Crippen MR) is 179 cm³/mol. The smallest absolute Gasteiger partial charge is 0.306 e. The van der Waals surface area contributed by atoms with Gasteiger partial charge in [0.1, 0.15) is 24.4 Å². The summed E-state index contributed by atoms with van der Waals surface area (Å²) in [7, 11) is 0. The number of allylic oxidation sites excluding steroid dienone is 2. The number of aliphatic hydroxyl groups is 2. The molecule has 1 saturated carbocycles. The standard InChI is InChI=1S/C37H54O12/c1-25(2)45-35(42)15-11-6-5-10-14-31-32(34(47-27(4)41)22-33(31)46-26(3)40)19-18-29(17-16-28-12-8-7-9-13-28)48-36(43)20-21-37(44)49-30(23-38)24-39/h5,7-10,12-13,25,29-34,38-39H,6,11,14-24H2,1-4H3/t29-,31+,32+,33-,34+/m0/s1. The minimum absolute atomic E-state index is 0.158. The van der Waals surface area contributed by atoms with Gasteiger partial charge in [-0.25, -0.2) is 0 Å². The lowest BCUT2D eigenvalue weighted by Gasteiger charge is -2.27. The maximum atomic E-state index is 12.9. The zero-order valence-electron chi connectivity index (χ0n) is 29.3. The average Bonchev–Trinajstić information content (AvgIpc) is 3.35. The molecule has 1 aromatic rings. The van der Waals surface area contributed by atoms with Crippen LogP contribution in [0.2, 0.25) is 0 Å². The van der Waals surface area contributed by atoms with Gasteiger partial charge >= 0.3 is 29.8 Å². The molecule has 0 amide bonds. The van der Waals surface area contributed by atoms with Gasteiger partial charge in [0, 0.05) is 38.5 Å². The fraction of sp³-hybridized carbons (Fsp3) is 0.649. The van der Waals surface area contributed by atoms with Gasteiger partial charge in [0.2, 0.25) is 0 Å². The van der Waals surface area contributed by atoms with E-state index in [0.717, 1.165) is 5.56 Å². The molecule has 0 bridgehead atoms. The molecule has 2 rings (SSSR count). The molecule has 0 spiro atoms. The number of aryl methyl sites for hydroxylation is 1. The van der Waals surface area contributed by atoms with E-state index in [-0.39, 0.29) is 36.8 Å². The summed E-state index contributed by atoms with van der Waals surface area (Å²) in [5.41, 5.74) is 1.07. The van der Waals surface area contributed by atoms with Gasteiger partial charge in [0.25, 0.3) is 0 Å². The Morgan fingerprint density at radius 3 is 1.90 bits per heavy atom. The van der Waals surface area contributed by atoms with E-state index >= 15 is 0 Å². The number of unbranched alkanes of at least 4 members (excludes halogenated alkanes) is 1. The molecule has 0 radical (unpaired) electrons. The Labute approximate surface area is 289 Å². The van der Waals surface area contributed by atoms with Crippen molar-refractivity contribution < 1.29 is 57.9 Å². The number of esters is 5. The zero-order chi connectivity index (χ0) is 36.2. The highest BCUT2D eigenvalue weighted by atomic mass is 16.6. The maximum absolute atomic E-state index is 12.9. The van der Waals surface area contributed by atoms with Gasteiger partial charge in [0.05, 0.1) is 32.2 Å². The van der Waals surface area contributed by atoms with Gasteiger partial charge in [-0.1, -0.05) is 42.5 Å². The summed E-state index contributed by atoms with van der Waals surface area (Å²) in [4.78, 5) is 60.9. The molecule has 5 atom stereocenters. The highest BCUT2D eigenvalue weighted by Gasteiger charge is 2.46. The normalized spacial score (nSPS) is 19.5. The number of rotatable bonds is 22. The average molecular weight is 691 g/mol. The molecule has 0 aromatic heterocycles. The topological polar surface area (TPSA) is 172 Å². The third-order valence-corrected chi connectivity index (χ3v) is 8.25. The highest BCUT2D eigenvalue weighted by Crippen LogP contribution is 2.42. The Morgan fingerprint density at radius 2 is 1.33 bits per heavy atom. The van der Waals surface area contributed by atoms with Crippen LogP contribution in [0.4, 0.5) is 0 Å². The van der Waals surface area contributed by atoms with Gasteiger partial charge in [-0.3, -0.25) is 24.0 Å². The molecule has 0 aliphatic heterocycles. The van der Waals surface area contributed by atoms with Crippen LogP contribution in [0, 0.1) is 11.8 Å². The molecular formula is C37H54O12. The first-order chi connectivity index (χ1) is 23.4. The van der Waals surface area contributed by atoms with Crippen LogP contribution >= 0.6 is 0 Å². The van der Waals surface area contributed by atoms with Gasteiger partial charge in [-0.15, -0.1) is 0 Å². The summed E-state index contributed by atoms with van der Waals surface area (Å²) in [6, 6.07) is 9.76. The zero-order valence-corrected chi connectivity index (χ0v) is 29.3. The van der Waals surface area contributed by atoms with Crippen molar-refractivity contribution in [3.8, 4) is 0 Å². The first kappa shape index (κ1) is 41.4. The number of hydrogen-bond acceptors (Lipinski definition) is 12. The van der Waals surface area contributed by atoms with Gasteiger partial charge in [-0.2, -0.15) is 0 Å². The van der Waals surface area contributed by atoms with E-state index in [4.69, 9.17) is 33.9 Å². The van der Waals surface area contributed by atoms with E-state index in [0.29, 0.717) is 57.8 Å². The summed E-state index contributed by atoms with van der Waals surface area (Å²) >= 11 is 0. The summed E-state index contributed by atoms with van der Waals surface area (Å²) in [5, 5.41) is 18.3. The first-order valence-electron chi connectivity index (χ1n) is 17.2. The molecule has 0 unspecified atom stereocenters. The Kier molecular flexibility index (Phi) is 19.3. The van der Waals surface area contributed by atoms with E-state index in [9.17, 15) is 24.0 Å². The fourth-order valence-electron chi connectivity index (χ4n) is 6.05. The minimum atomic E-state index is -1.05. The number of ether oxygens (including phenoxy) is 5. The molecule has 12 nitrogen and oxygen atoms in total. The minimum Gasteiger partial charge on any atom is -0.463 e. The van der Waals surface area contributed by atoms with Crippen molar-refractivity contribution in [3.05, 3.63) is 48.0 Å². The van der Waals surface area contributed by atoms with Gasteiger partial charge in [-0.05, 0) is 64.4 Å². The van der Waals surface area contributed by atoms with Crippen LogP contribution in [0.3, 0.4) is 0 Å². The Morgan fingerprint density at radius 1 is 0.755 bits per heavy atom. The molecule has 274 valence electrons. The molecule has 2 N–H and O–H groups in total. The van der Waals surface area contributed by atoms with Crippen molar-refractivity contribution in [3.63, 3.8) is 0 Å². The summed E-state index contributed by atoms with van der Waals surface area (Å²) < 4.78 is 27.4. The van der Waals surface area contributed by atoms with E-state index < -0.39 is 61.5 Å². The van der Waals surface area contributed by atoms with Crippen molar-refractivity contribution in [1.82, 2.24) is 0 Å². The van der Waals surface area contributed by atoms with E-state index in [1.165, 1.54) is 13.8 Å². The SMILES string of the molecule is CC(=O)O[C@H]1C[C@@H](OC(C)=O)[C@H](CC[C@H](CCc2ccccc2)OC(=O)CCC(=O)OC(CO)CO)[C@H]1CC=CCCCC(=O)OC(C)C. The van der Waals surface area contributed by atoms with Crippen molar-refractivity contribution in [2.75, 3.05) is 13.2 Å². The second-order valence-electron chi connectivity index (χ2n) is 12.7. The molecule has 1 aromatic carbocycles. The number of aliphatic hydroxyl groups excluding tert-OH is 2. The number of hydrogen-bond donors (Lipinski definition) is 2. The van der Waals surface area contributed by atoms with Crippen LogP contribution in [0.15, 0.2) is 42.5 Å². The third-order valence-electron chi connectivity index (χ3n) is 8.25. The predicted octanol–water partition coefficient (Wildman–Crippen LogP) is 4.56. The monoisotopic (exact) mass is 690 g/mol. The van der Waals surface area contributed by atoms with Crippen LogP contribution in [-0.2, 0) is 54.1 Å². The molecule has 49 heavy (non-hydrogen) atoms. The van der Waals surface area contributed by atoms with Crippen LogP contribution < -0.4 is 0 Å². The molecule has 12 heteroatoms. The van der Waals surface area contributed by atoms with Crippen LogP contribution in [-0.4, -0.2) is 83.8 Å². The molecule has 1 aliphatic rings. The molecule has 0 heterocycles. The number of carbonyl (C=O) groups is 5. The molecular weight excluding hydrogens is 636 g/mol. The molecule has 0 saturated heterocycles. The molecule has 1 aliphatic carbocycles. The highest BCUT2D eigenvalue weighted by molar-refractivity contribution is 5.77. The lowest BCUT2D eigenvalue weighted by molar-refractivity contribution is -0.159. The van der Waals surface area contributed by atoms with Crippen molar-refractivity contribution in [2.24, 2.45) is 11.8 Å². The van der Waals surface area contributed by atoms with Crippen molar-refractivity contribution in [1.29, 1.82) is 0 Å². The van der Waals surface area contributed by atoms with Crippen LogP contribution in [0.5, 0.6) is 0 Å². The largest absolute Gasteiger partial charge is 0.463 e. The quantitative estimate of drug-likeness (QED) is 0.0754. The second kappa shape index (κ2) is 22.8. The van der Waals surface area contributed by atoms with Gasteiger partial charge in [0.15, 0.2) is 0 Å². The Balaban J connectivity index is 2.15. The Bertz CT molecular complexity index is 1190.